The molecule has 25 heavy (non-hydrogen) atoms. The molecule has 1 N–H and O–H groups in total. The Hall–Kier alpha value is -3.00. The number of hydrogen-bond acceptors (Lipinski definition) is 5. The summed E-state index contributed by atoms with van der Waals surface area (Å²) in [5.41, 5.74) is 1.28. The number of imide groups is 1. The molecule has 2 unspecified atom stereocenters. The largest absolute Gasteiger partial charge is 0.372 e. The first-order valence-electron chi connectivity index (χ1n) is 7.72. The number of carbonyl (C=O) groups is 3. The van der Waals surface area contributed by atoms with E-state index in [4.69, 9.17) is 0 Å². The molecule has 0 aromatic heterocycles. The molecule has 1 fully saturated rings. The van der Waals surface area contributed by atoms with E-state index in [-0.39, 0.29) is 11.5 Å². The fourth-order valence-electron chi connectivity index (χ4n) is 2.83. The quantitative estimate of drug-likeness (QED) is 0.804. The van der Waals surface area contributed by atoms with E-state index in [2.05, 4.69) is 5.10 Å². The summed E-state index contributed by atoms with van der Waals surface area (Å²) in [5, 5.41) is 15.7. The summed E-state index contributed by atoms with van der Waals surface area (Å²) in [6.07, 6.45) is 0.0476. The molecular formula is C17H18N4O4. The fourth-order valence-corrected chi connectivity index (χ4v) is 2.83. The molecule has 2 aliphatic rings. The van der Waals surface area contributed by atoms with Gasteiger partial charge < -0.3 is 10.0 Å². The van der Waals surface area contributed by atoms with E-state index < -0.39 is 24.1 Å². The summed E-state index contributed by atoms with van der Waals surface area (Å²) in [4.78, 5) is 38.9. The van der Waals surface area contributed by atoms with Crippen LogP contribution in [0.15, 0.2) is 47.1 Å². The van der Waals surface area contributed by atoms with Gasteiger partial charge in [-0.2, -0.15) is 10.1 Å². The van der Waals surface area contributed by atoms with Crippen molar-refractivity contribution in [2.24, 2.45) is 11.0 Å². The van der Waals surface area contributed by atoms with Gasteiger partial charge in [0.05, 0.1) is 17.0 Å². The van der Waals surface area contributed by atoms with Gasteiger partial charge in [0.15, 0.2) is 0 Å². The van der Waals surface area contributed by atoms with Crippen molar-refractivity contribution >= 4 is 29.2 Å². The number of aliphatic hydroxyl groups is 1. The van der Waals surface area contributed by atoms with E-state index in [0.717, 1.165) is 9.80 Å². The maximum atomic E-state index is 12.7. The third-order valence-corrected chi connectivity index (χ3v) is 4.33. The molecule has 8 nitrogen and oxygen atoms in total. The molecule has 0 spiro atoms. The number of amides is 4. The molecule has 1 saturated heterocycles. The predicted molar refractivity (Wildman–Crippen MR) is 90.5 cm³/mol. The van der Waals surface area contributed by atoms with Crippen molar-refractivity contribution in [1.82, 2.24) is 9.80 Å². The van der Waals surface area contributed by atoms with Crippen LogP contribution in [0.25, 0.3) is 0 Å². The van der Waals surface area contributed by atoms with Crippen molar-refractivity contribution < 1.29 is 19.5 Å². The van der Waals surface area contributed by atoms with E-state index in [1.54, 1.807) is 31.2 Å². The predicted octanol–water partition coefficient (Wildman–Crippen LogP) is 0.794. The Morgan fingerprint density at radius 2 is 1.76 bits per heavy atom. The molecule has 0 saturated carbocycles. The summed E-state index contributed by atoms with van der Waals surface area (Å²) in [6, 6.07) is 8.31. The van der Waals surface area contributed by atoms with Crippen molar-refractivity contribution in [2.75, 3.05) is 19.1 Å². The van der Waals surface area contributed by atoms with Crippen molar-refractivity contribution in [1.29, 1.82) is 0 Å². The average molecular weight is 342 g/mol. The number of hydrogen-bond donors (Lipinski definition) is 1. The summed E-state index contributed by atoms with van der Waals surface area (Å²) in [6.45, 7) is 1.66. The number of rotatable bonds is 2. The highest BCUT2D eigenvalue weighted by molar-refractivity contribution is 6.30. The second kappa shape index (κ2) is 6.14. The molecule has 2 heterocycles. The van der Waals surface area contributed by atoms with Crippen molar-refractivity contribution in [3.63, 3.8) is 0 Å². The van der Waals surface area contributed by atoms with E-state index in [1.807, 2.05) is 6.07 Å². The van der Waals surface area contributed by atoms with Crippen LogP contribution in [0, 0.1) is 5.92 Å². The maximum absolute atomic E-state index is 12.7. The second-order valence-corrected chi connectivity index (χ2v) is 5.95. The van der Waals surface area contributed by atoms with Gasteiger partial charge in [0.2, 0.25) is 5.91 Å². The summed E-state index contributed by atoms with van der Waals surface area (Å²) in [5.74, 6) is -1.99. The number of aliphatic hydroxyl groups excluding tert-OH is 1. The SMILES string of the molecule is CC1=NN(c2ccccc2)C(=O)/C1=C\C1C(=O)N(C)C(=O)N(C)C1O. The molecule has 0 bridgehead atoms. The van der Waals surface area contributed by atoms with Crippen molar-refractivity contribution in [2.45, 2.75) is 13.2 Å². The van der Waals surface area contributed by atoms with Crippen LogP contribution in [0.4, 0.5) is 10.5 Å². The number of carbonyl (C=O) groups excluding carboxylic acids is 3. The van der Waals surface area contributed by atoms with Crippen LogP contribution in [0.5, 0.6) is 0 Å². The first kappa shape index (κ1) is 16.8. The molecule has 2 atom stereocenters. The normalized spacial score (nSPS) is 25.9. The molecule has 0 radical (unpaired) electrons. The standard InChI is InChI=1S/C17H18N4O4/c1-10-12(16(24)21(18-10)11-7-5-4-6-8-11)9-13-14(22)19(2)17(25)20(3)15(13)23/h4-9,13-14,22H,1-3H3/b12-9-. The number of nitrogens with zero attached hydrogens (tertiary/aromatic N) is 4. The maximum Gasteiger partial charge on any atom is 0.328 e. The van der Waals surface area contributed by atoms with Crippen molar-refractivity contribution in [3.05, 3.63) is 42.0 Å². The number of urea groups is 1. The van der Waals surface area contributed by atoms with Gasteiger partial charge in [-0.25, -0.2) is 4.79 Å². The Morgan fingerprint density at radius 3 is 2.40 bits per heavy atom. The summed E-state index contributed by atoms with van der Waals surface area (Å²) < 4.78 is 0. The first-order valence-corrected chi connectivity index (χ1v) is 7.72. The topological polar surface area (TPSA) is 93.5 Å². The molecule has 2 aliphatic heterocycles. The minimum atomic E-state index is -1.34. The first-order chi connectivity index (χ1) is 11.8. The highest BCUT2D eigenvalue weighted by atomic mass is 16.3. The lowest BCUT2D eigenvalue weighted by Crippen LogP contribution is -2.58. The molecule has 0 aliphatic carbocycles. The number of para-hydroxylation sites is 1. The number of hydrazone groups is 1. The smallest absolute Gasteiger partial charge is 0.328 e. The fraction of sp³-hybridized carbons (Fsp3) is 0.294. The van der Waals surface area contributed by atoms with E-state index in [1.165, 1.54) is 25.2 Å². The lowest BCUT2D eigenvalue weighted by atomic mass is 9.97. The van der Waals surface area contributed by atoms with Gasteiger partial charge in [0, 0.05) is 14.1 Å². The van der Waals surface area contributed by atoms with Crippen LogP contribution in [0.1, 0.15) is 6.92 Å². The monoisotopic (exact) mass is 342 g/mol. The molecule has 130 valence electrons. The Kier molecular flexibility index (Phi) is 4.13. The van der Waals surface area contributed by atoms with Gasteiger partial charge in [-0.1, -0.05) is 24.3 Å². The Morgan fingerprint density at radius 1 is 1.12 bits per heavy atom. The van der Waals surface area contributed by atoms with Crippen LogP contribution in [0.2, 0.25) is 0 Å². The third-order valence-electron chi connectivity index (χ3n) is 4.33. The minimum Gasteiger partial charge on any atom is -0.372 e. The van der Waals surface area contributed by atoms with Crippen LogP contribution in [-0.4, -0.2) is 58.8 Å². The van der Waals surface area contributed by atoms with Gasteiger partial charge in [0.1, 0.15) is 12.1 Å². The van der Waals surface area contributed by atoms with Crippen LogP contribution >= 0.6 is 0 Å². The van der Waals surface area contributed by atoms with E-state index in [0.29, 0.717) is 11.4 Å². The van der Waals surface area contributed by atoms with E-state index >= 15 is 0 Å². The van der Waals surface area contributed by atoms with Gasteiger partial charge in [-0.05, 0) is 19.1 Å². The third kappa shape index (κ3) is 2.70. The highest BCUT2D eigenvalue weighted by Crippen LogP contribution is 2.27. The number of anilines is 1. The zero-order valence-corrected chi connectivity index (χ0v) is 14.1. The minimum absolute atomic E-state index is 0.234. The molecule has 1 aromatic rings. The Bertz CT molecular complexity index is 802. The van der Waals surface area contributed by atoms with Gasteiger partial charge in [0.25, 0.3) is 5.91 Å². The van der Waals surface area contributed by atoms with Crippen molar-refractivity contribution in [3.8, 4) is 0 Å². The molecule has 4 amide bonds. The highest BCUT2D eigenvalue weighted by Gasteiger charge is 2.42. The summed E-state index contributed by atoms with van der Waals surface area (Å²) in [7, 11) is 2.74. The van der Waals surface area contributed by atoms with Crippen LogP contribution in [-0.2, 0) is 9.59 Å². The molecule has 3 rings (SSSR count). The number of benzene rings is 1. The van der Waals surface area contributed by atoms with E-state index in [9.17, 15) is 19.5 Å². The average Bonchev–Trinajstić information content (AvgIpc) is 2.90. The van der Waals surface area contributed by atoms with Crippen LogP contribution < -0.4 is 5.01 Å². The molecule has 1 aromatic carbocycles. The zero-order chi connectivity index (χ0) is 18.3. The van der Waals surface area contributed by atoms with Gasteiger partial charge in [-0.3, -0.25) is 14.5 Å². The summed E-state index contributed by atoms with van der Waals surface area (Å²) >= 11 is 0. The van der Waals surface area contributed by atoms with Gasteiger partial charge >= 0.3 is 6.03 Å². The zero-order valence-electron chi connectivity index (χ0n) is 14.1. The molecule has 8 heteroatoms. The van der Waals surface area contributed by atoms with Crippen LogP contribution in [0.3, 0.4) is 0 Å². The second-order valence-electron chi connectivity index (χ2n) is 5.95. The molecular weight excluding hydrogens is 324 g/mol. The Labute approximate surface area is 144 Å². The van der Waals surface area contributed by atoms with Gasteiger partial charge in [-0.15, -0.1) is 0 Å². The lowest BCUT2D eigenvalue weighted by molar-refractivity contribution is -0.142. The Balaban J connectivity index is 1.94. The lowest BCUT2D eigenvalue weighted by Gasteiger charge is -2.37.